The summed E-state index contributed by atoms with van der Waals surface area (Å²) in [5.41, 5.74) is 2.34. The Bertz CT molecular complexity index is 1030. The van der Waals surface area contributed by atoms with E-state index < -0.39 is 10.0 Å². The number of hydrogen-bond acceptors (Lipinski definition) is 5. The minimum atomic E-state index is -3.79. The fraction of sp³-hybridized carbons (Fsp3) is 0.222. The SMILES string of the molecule is NS(=O)(=O)c1ccc2c(c1)[C@H]1C=CC[C@H]1[C@H](c1ccccc1[N+](=O)[O-])N2. The van der Waals surface area contributed by atoms with Crippen LogP contribution < -0.4 is 10.5 Å². The number of nitrogens with zero attached hydrogens (tertiary/aromatic N) is 1. The summed E-state index contributed by atoms with van der Waals surface area (Å²) < 4.78 is 23.4. The maximum Gasteiger partial charge on any atom is 0.274 e. The van der Waals surface area contributed by atoms with Crippen LogP contribution >= 0.6 is 0 Å². The van der Waals surface area contributed by atoms with Gasteiger partial charge < -0.3 is 5.32 Å². The van der Waals surface area contributed by atoms with E-state index in [1.807, 2.05) is 12.2 Å². The number of nitro groups is 1. The summed E-state index contributed by atoms with van der Waals surface area (Å²) in [5.74, 6) is 0.0529. The summed E-state index contributed by atoms with van der Waals surface area (Å²) >= 11 is 0. The molecule has 1 heterocycles. The van der Waals surface area contributed by atoms with E-state index in [4.69, 9.17) is 5.14 Å². The molecule has 1 aliphatic heterocycles. The topological polar surface area (TPSA) is 115 Å². The van der Waals surface area contributed by atoms with Crippen molar-refractivity contribution < 1.29 is 13.3 Å². The Hall–Kier alpha value is -2.71. The number of fused-ring (bicyclic) bond motifs is 3. The molecule has 26 heavy (non-hydrogen) atoms. The summed E-state index contributed by atoms with van der Waals surface area (Å²) in [6, 6.07) is 11.2. The largest absolute Gasteiger partial charge is 0.377 e. The molecule has 7 nitrogen and oxygen atoms in total. The van der Waals surface area contributed by atoms with Gasteiger partial charge in [0.25, 0.3) is 5.69 Å². The maximum atomic E-state index is 11.7. The molecule has 0 bridgehead atoms. The standard InChI is InChI=1S/C18H17N3O4S/c19-26(24,25)11-8-9-16-15(10-11)12-5-3-6-13(12)18(20-16)14-4-1-2-7-17(14)21(22)23/h1-5,7-10,12-13,18,20H,6H2,(H2,19,24,25)/t12-,13+,18+/m0/s1. The van der Waals surface area contributed by atoms with Crippen LogP contribution in [0.15, 0.2) is 59.5 Å². The molecule has 134 valence electrons. The second kappa shape index (κ2) is 5.93. The van der Waals surface area contributed by atoms with Crippen LogP contribution in [0.4, 0.5) is 11.4 Å². The van der Waals surface area contributed by atoms with Gasteiger partial charge in [0.15, 0.2) is 0 Å². The van der Waals surface area contributed by atoms with Crippen molar-refractivity contribution in [3.63, 3.8) is 0 Å². The number of anilines is 1. The Morgan fingerprint density at radius 2 is 1.92 bits per heavy atom. The molecule has 0 fully saturated rings. The monoisotopic (exact) mass is 371 g/mol. The molecular formula is C18H17N3O4S. The van der Waals surface area contributed by atoms with Gasteiger partial charge in [0.05, 0.1) is 21.4 Å². The summed E-state index contributed by atoms with van der Waals surface area (Å²) in [6.07, 6.45) is 4.84. The number of para-hydroxylation sites is 1. The van der Waals surface area contributed by atoms with Crippen molar-refractivity contribution in [1.29, 1.82) is 0 Å². The van der Waals surface area contributed by atoms with Crippen LogP contribution in [-0.4, -0.2) is 13.3 Å². The highest BCUT2D eigenvalue weighted by Crippen LogP contribution is 2.51. The molecule has 0 amide bonds. The van der Waals surface area contributed by atoms with Crippen LogP contribution in [-0.2, 0) is 10.0 Å². The molecule has 3 N–H and O–H groups in total. The van der Waals surface area contributed by atoms with E-state index in [2.05, 4.69) is 5.32 Å². The second-order valence-corrected chi connectivity index (χ2v) is 8.15. The third-order valence-electron chi connectivity index (χ3n) is 5.13. The van der Waals surface area contributed by atoms with Gasteiger partial charge in [-0.3, -0.25) is 10.1 Å². The fourth-order valence-corrected chi connectivity index (χ4v) is 4.52. The lowest BCUT2D eigenvalue weighted by molar-refractivity contribution is -0.385. The third kappa shape index (κ3) is 2.67. The number of primary sulfonamides is 1. The lowest BCUT2D eigenvalue weighted by Crippen LogP contribution is -2.30. The first kappa shape index (κ1) is 16.7. The number of sulfonamides is 1. The minimum Gasteiger partial charge on any atom is -0.377 e. The molecule has 2 aromatic carbocycles. The maximum absolute atomic E-state index is 11.7. The van der Waals surface area contributed by atoms with E-state index in [9.17, 15) is 18.5 Å². The van der Waals surface area contributed by atoms with E-state index >= 15 is 0 Å². The highest BCUT2D eigenvalue weighted by Gasteiger charge is 2.40. The smallest absolute Gasteiger partial charge is 0.274 e. The highest BCUT2D eigenvalue weighted by atomic mass is 32.2. The van der Waals surface area contributed by atoms with Gasteiger partial charge in [-0.2, -0.15) is 0 Å². The number of nitrogens with two attached hydrogens (primary N) is 1. The van der Waals surface area contributed by atoms with Crippen LogP contribution in [0.3, 0.4) is 0 Å². The predicted octanol–water partition coefficient (Wildman–Crippen LogP) is 3.07. The first-order valence-corrected chi connectivity index (χ1v) is 9.74. The fourth-order valence-electron chi connectivity index (χ4n) is 3.97. The first-order chi connectivity index (χ1) is 12.4. The number of benzene rings is 2. The van der Waals surface area contributed by atoms with Crippen molar-refractivity contribution in [3.8, 4) is 0 Å². The van der Waals surface area contributed by atoms with E-state index in [1.165, 1.54) is 12.1 Å². The van der Waals surface area contributed by atoms with Crippen LogP contribution in [0.5, 0.6) is 0 Å². The van der Waals surface area contributed by atoms with Crippen LogP contribution in [0.2, 0.25) is 0 Å². The number of nitrogens with one attached hydrogen (secondary N) is 1. The Morgan fingerprint density at radius 3 is 2.65 bits per heavy atom. The van der Waals surface area contributed by atoms with Crippen molar-refractivity contribution in [2.24, 2.45) is 11.1 Å². The highest BCUT2D eigenvalue weighted by molar-refractivity contribution is 7.89. The molecule has 2 aliphatic rings. The van der Waals surface area contributed by atoms with Gasteiger partial charge in [-0.25, -0.2) is 13.6 Å². The average Bonchev–Trinajstić information content (AvgIpc) is 3.09. The molecule has 4 rings (SSSR count). The normalized spacial score (nSPS) is 23.8. The zero-order valence-corrected chi connectivity index (χ0v) is 14.5. The van der Waals surface area contributed by atoms with Crippen molar-refractivity contribution in [3.05, 3.63) is 75.9 Å². The zero-order chi connectivity index (χ0) is 18.5. The molecule has 3 atom stereocenters. The van der Waals surface area contributed by atoms with Gasteiger partial charge in [0, 0.05) is 17.7 Å². The summed E-state index contributed by atoms with van der Waals surface area (Å²) in [6.45, 7) is 0. The van der Waals surface area contributed by atoms with Crippen LogP contribution in [0.25, 0.3) is 0 Å². The number of nitro benzene ring substituents is 1. The van der Waals surface area contributed by atoms with Gasteiger partial charge >= 0.3 is 0 Å². The number of hydrogen-bond donors (Lipinski definition) is 2. The van der Waals surface area contributed by atoms with Gasteiger partial charge in [-0.1, -0.05) is 30.4 Å². The third-order valence-corrected chi connectivity index (χ3v) is 6.04. The molecule has 0 saturated carbocycles. The molecule has 0 saturated heterocycles. The Balaban J connectivity index is 1.83. The summed E-state index contributed by atoms with van der Waals surface area (Å²) in [4.78, 5) is 11.1. The first-order valence-electron chi connectivity index (χ1n) is 8.19. The molecular weight excluding hydrogens is 354 g/mol. The van der Waals surface area contributed by atoms with E-state index in [1.54, 1.807) is 30.3 Å². The summed E-state index contributed by atoms with van der Waals surface area (Å²) in [5, 5.41) is 20.1. The molecule has 2 aromatic rings. The molecule has 0 radical (unpaired) electrons. The number of rotatable bonds is 3. The number of allylic oxidation sites excluding steroid dienone is 2. The van der Waals surface area contributed by atoms with Crippen LogP contribution in [0, 0.1) is 16.0 Å². The van der Waals surface area contributed by atoms with Gasteiger partial charge in [-0.05, 0) is 36.1 Å². The van der Waals surface area contributed by atoms with Crippen molar-refractivity contribution in [2.45, 2.75) is 23.3 Å². The van der Waals surface area contributed by atoms with E-state index in [0.29, 0.717) is 5.56 Å². The lowest BCUT2D eigenvalue weighted by Gasteiger charge is -2.37. The summed E-state index contributed by atoms with van der Waals surface area (Å²) in [7, 11) is -3.79. The molecule has 0 spiro atoms. The Morgan fingerprint density at radius 1 is 1.15 bits per heavy atom. The van der Waals surface area contributed by atoms with Crippen molar-refractivity contribution in [1.82, 2.24) is 0 Å². The Labute approximate surface area is 150 Å². The van der Waals surface area contributed by atoms with Gasteiger partial charge in [0.2, 0.25) is 10.0 Å². The van der Waals surface area contributed by atoms with Gasteiger partial charge in [0.1, 0.15) is 0 Å². The molecule has 1 aliphatic carbocycles. The van der Waals surface area contributed by atoms with Crippen molar-refractivity contribution in [2.75, 3.05) is 5.32 Å². The predicted molar refractivity (Wildman–Crippen MR) is 97.3 cm³/mol. The van der Waals surface area contributed by atoms with E-state index in [-0.39, 0.29) is 33.4 Å². The zero-order valence-electron chi connectivity index (χ0n) is 13.7. The minimum absolute atomic E-state index is 0.0160. The van der Waals surface area contributed by atoms with Crippen LogP contribution in [0.1, 0.15) is 29.5 Å². The molecule has 0 aromatic heterocycles. The Kier molecular flexibility index (Phi) is 3.82. The quantitative estimate of drug-likeness (QED) is 0.489. The second-order valence-electron chi connectivity index (χ2n) is 6.59. The van der Waals surface area contributed by atoms with Gasteiger partial charge in [-0.15, -0.1) is 0 Å². The molecule has 0 unspecified atom stereocenters. The van der Waals surface area contributed by atoms with E-state index in [0.717, 1.165) is 17.7 Å². The lowest BCUT2D eigenvalue weighted by atomic mass is 9.76. The van der Waals surface area contributed by atoms with Crippen molar-refractivity contribution >= 4 is 21.4 Å². The average molecular weight is 371 g/mol. The molecule has 8 heteroatoms.